The fourth-order valence-corrected chi connectivity index (χ4v) is 2.39. The van der Waals surface area contributed by atoms with Crippen LogP contribution in [0.5, 0.6) is 0 Å². The van der Waals surface area contributed by atoms with Crippen LogP contribution in [0.2, 0.25) is 0 Å². The third kappa shape index (κ3) is 2.67. The molecule has 3 aromatic rings. The molecule has 3 rings (SSSR count). The summed E-state index contributed by atoms with van der Waals surface area (Å²) < 4.78 is 1.78. The van der Waals surface area contributed by atoms with Gasteiger partial charge in [0.15, 0.2) is 5.78 Å². The fourth-order valence-electron chi connectivity index (χ4n) is 2.39. The van der Waals surface area contributed by atoms with Crippen LogP contribution in [0.25, 0.3) is 10.8 Å². The Morgan fingerprint density at radius 1 is 1.19 bits per heavy atom. The Morgan fingerprint density at radius 2 is 2.05 bits per heavy atom. The minimum atomic E-state index is -0.0304. The molecule has 106 valence electrons. The molecule has 0 radical (unpaired) electrons. The first-order valence-corrected chi connectivity index (χ1v) is 7.03. The molecule has 0 saturated heterocycles. The molecule has 0 atom stereocenters. The summed E-state index contributed by atoms with van der Waals surface area (Å²) in [4.78, 5) is 21.0. The summed E-state index contributed by atoms with van der Waals surface area (Å²) in [6.45, 7) is 2.84. The van der Waals surface area contributed by atoms with Crippen LogP contribution in [0.3, 0.4) is 0 Å². The summed E-state index contributed by atoms with van der Waals surface area (Å²) in [6.07, 6.45) is 4.35. The highest BCUT2D eigenvalue weighted by molar-refractivity contribution is 6.06. The van der Waals surface area contributed by atoms with Gasteiger partial charge in [-0.2, -0.15) is 5.10 Å². The normalized spacial score (nSPS) is 10.9. The molecule has 5 nitrogen and oxygen atoms in total. The van der Waals surface area contributed by atoms with Crippen LogP contribution in [-0.2, 0) is 13.0 Å². The first-order valence-electron chi connectivity index (χ1n) is 7.03. The Labute approximate surface area is 122 Å². The zero-order chi connectivity index (χ0) is 14.7. The maximum atomic E-state index is 12.5. The van der Waals surface area contributed by atoms with Crippen LogP contribution in [0, 0.1) is 0 Å². The molecule has 0 aliphatic carbocycles. The zero-order valence-corrected chi connectivity index (χ0v) is 11.9. The average molecular weight is 280 g/mol. The molecule has 0 unspecified atom stereocenters. The molecule has 2 aromatic heterocycles. The summed E-state index contributed by atoms with van der Waals surface area (Å²) in [6, 6.07) is 9.68. The lowest BCUT2D eigenvalue weighted by atomic mass is 10.1. The van der Waals surface area contributed by atoms with E-state index in [1.807, 2.05) is 30.3 Å². The number of hydrogen-bond acceptors (Lipinski definition) is 4. The number of nitrogens with zero attached hydrogens (tertiary/aromatic N) is 4. The first-order chi connectivity index (χ1) is 10.3. The second-order valence-corrected chi connectivity index (χ2v) is 4.88. The summed E-state index contributed by atoms with van der Waals surface area (Å²) >= 11 is 0. The van der Waals surface area contributed by atoms with Gasteiger partial charge in [0.05, 0.1) is 6.42 Å². The van der Waals surface area contributed by atoms with Gasteiger partial charge in [-0.1, -0.05) is 31.2 Å². The van der Waals surface area contributed by atoms with Gasteiger partial charge >= 0.3 is 0 Å². The third-order valence-corrected chi connectivity index (χ3v) is 3.39. The molecule has 21 heavy (non-hydrogen) atoms. The molecule has 0 aliphatic heterocycles. The molecular weight excluding hydrogens is 264 g/mol. The van der Waals surface area contributed by atoms with Gasteiger partial charge in [0.25, 0.3) is 0 Å². The maximum absolute atomic E-state index is 12.5. The SMILES string of the molecule is CCCn1ncnc1CC(=O)c1nccc2ccccc12. The van der Waals surface area contributed by atoms with Crippen molar-refractivity contribution in [3.8, 4) is 0 Å². The Kier molecular flexibility index (Phi) is 3.73. The van der Waals surface area contributed by atoms with Gasteiger partial charge in [-0.15, -0.1) is 0 Å². The van der Waals surface area contributed by atoms with Gasteiger partial charge in [-0.3, -0.25) is 9.78 Å². The van der Waals surface area contributed by atoms with E-state index in [0.29, 0.717) is 11.5 Å². The number of aromatic nitrogens is 4. The van der Waals surface area contributed by atoms with E-state index in [2.05, 4.69) is 22.0 Å². The fraction of sp³-hybridized carbons (Fsp3) is 0.250. The predicted molar refractivity (Wildman–Crippen MR) is 80.1 cm³/mol. The van der Waals surface area contributed by atoms with Crippen molar-refractivity contribution in [1.82, 2.24) is 19.7 Å². The highest BCUT2D eigenvalue weighted by atomic mass is 16.1. The molecule has 0 fully saturated rings. The van der Waals surface area contributed by atoms with Crippen molar-refractivity contribution in [2.24, 2.45) is 0 Å². The number of carbonyl (C=O) groups excluding carboxylic acids is 1. The lowest BCUT2D eigenvalue weighted by molar-refractivity contribution is 0.0986. The van der Waals surface area contributed by atoms with E-state index in [1.165, 1.54) is 6.33 Å². The summed E-state index contributed by atoms with van der Waals surface area (Å²) in [5, 5.41) is 6.05. The van der Waals surface area contributed by atoms with Gasteiger partial charge in [0, 0.05) is 18.1 Å². The van der Waals surface area contributed by atoms with E-state index in [4.69, 9.17) is 0 Å². The van der Waals surface area contributed by atoms with E-state index in [9.17, 15) is 4.79 Å². The van der Waals surface area contributed by atoms with Gasteiger partial charge in [0.2, 0.25) is 0 Å². The van der Waals surface area contributed by atoms with Crippen molar-refractivity contribution in [3.63, 3.8) is 0 Å². The predicted octanol–water partition coefficient (Wildman–Crippen LogP) is 2.66. The van der Waals surface area contributed by atoms with E-state index >= 15 is 0 Å². The quantitative estimate of drug-likeness (QED) is 0.674. The van der Waals surface area contributed by atoms with Crippen LogP contribution >= 0.6 is 0 Å². The Morgan fingerprint density at radius 3 is 2.90 bits per heavy atom. The number of fused-ring (bicyclic) bond motifs is 1. The number of ketones is 1. The number of hydrogen-bond donors (Lipinski definition) is 0. The maximum Gasteiger partial charge on any atom is 0.189 e. The van der Waals surface area contributed by atoms with E-state index in [-0.39, 0.29) is 12.2 Å². The lowest BCUT2D eigenvalue weighted by Crippen LogP contribution is -2.13. The molecule has 0 saturated carbocycles. The lowest BCUT2D eigenvalue weighted by Gasteiger charge is -2.06. The number of rotatable bonds is 5. The number of carbonyl (C=O) groups is 1. The molecule has 5 heteroatoms. The largest absolute Gasteiger partial charge is 0.292 e. The third-order valence-electron chi connectivity index (χ3n) is 3.39. The van der Waals surface area contributed by atoms with Crippen LogP contribution in [-0.4, -0.2) is 25.5 Å². The van der Waals surface area contributed by atoms with Gasteiger partial charge in [-0.25, -0.2) is 9.67 Å². The van der Waals surface area contributed by atoms with Crippen molar-refractivity contribution >= 4 is 16.6 Å². The summed E-state index contributed by atoms with van der Waals surface area (Å²) in [7, 11) is 0. The highest BCUT2D eigenvalue weighted by Crippen LogP contribution is 2.17. The van der Waals surface area contributed by atoms with Crippen molar-refractivity contribution in [2.75, 3.05) is 0 Å². The molecule has 2 heterocycles. The van der Waals surface area contributed by atoms with Crippen LogP contribution < -0.4 is 0 Å². The molecule has 0 bridgehead atoms. The van der Waals surface area contributed by atoms with E-state index in [0.717, 1.165) is 23.7 Å². The molecule has 0 aliphatic rings. The van der Waals surface area contributed by atoms with Crippen molar-refractivity contribution in [2.45, 2.75) is 26.3 Å². The Balaban J connectivity index is 1.92. The number of Topliss-reactive ketones (excluding diaryl/α,β-unsaturated/α-hetero) is 1. The van der Waals surface area contributed by atoms with E-state index < -0.39 is 0 Å². The average Bonchev–Trinajstić information content (AvgIpc) is 2.94. The molecule has 0 N–H and O–H groups in total. The van der Waals surface area contributed by atoms with Crippen molar-refractivity contribution in [1.29, 1.82) is 0 Å². The van der Waals surface area contributed by atoms with Crippen LogP contribution in [0.4, 0.5) is 0 Å². The Hall–Kier alpha value is -2.56. The van der Waals surface area contributed by atoms with Gasteiger partial charge < -0.3 is 0 Å². The smallest absolute Gasteiger partial charge is 0.189 e. The summed E-state index contributed by atoms with van der Waals surface area (Å²) in [5.74, 6) is 0.661. The van der Waals surface area contributed by atoms with Crippen LogP contribution in [0.15, 0.2) is 42.9 Å². The summed E-state index contributed by atoms with van der Waals surface area (Å²) in [5.41, 5.74) is 0.499. The molecule has 0 amide bonds. The zero-order valence-electron chi connectivity index (χ0n) is 11.9. The number of pyridine rings is 1. The minimum absolute atomic E-state index is 0.0304. The van der Waals surface area contributed by atoms with Crippen molar-refractivity contribution < 1.29 is 4.79 Å². The number of benzene rings is 1. The molecule has 1 aromatic carbocycles. The molecule has 0 spiro atoms. The number of aryl methyl sites for hydroxylation is 1. The second-order valence-electron chi connectivity index (χ2n) is 4.88. The van der Waals surface area contributed by atoms with E-state index in [1.54, 1.807) is 10.9 Å². The van der Waals surface area contributed by atoms with Gasteiger partial charge in [0.1, 0.15) is 17.8 Å². The standard InChI is InChI=1S/C16H16N4O/c1-2-9-20-15(18-11-19-20)10-14(21)16-13-6-4-3-5-12(13)7-8-17-16/h3-8,11H,2,9-10H2,1H3. The minimum Gasteiger partial charge on any atom is -0.292 e. The van der Waals surface area contributed by atoms with Gasteiger partial charge in [-0.05, 0) is 17.9 Å². The topological polar surface area (TPSA) is 60.7 Å². The first kappa shape index (κ1) is 13.4. The van der Waals surface area contributed by atoms with Crippen molar-refractivity contribution in [3.05, 3.63) is 54.4 Å². The van der Waals surface area contributed by atoms with Crippen LogP contribution in [0.1, 0.15) is 29.7 Å². The highest BCUT2D eigenvalue weighted by Gasteiger charge is 2.15. The Bertz CT molecular complexity index is 773. The monoisotopic (exact) mass is 280 g/mol. The second kappa shape index (κ2) is 5.83. The molecular formula is C16H16N4O.